The summed E-state index contributed by atoms with van der Waals surface area (Å²) in [5.74, 6) is -2.25. The number of rotatable bonds is 2. The molecule has 1 N–H and O–H groups in total. The van der Waals surface area contributed by atoms with Crippen LogP contribution in [0.2, 0.25) is 0 Å². The van der Waals surface area contributed by atoms with Crippen LogP contribution >= 0.6 is 0 Å². The molecule has 0 saturated carbocycles. The first kappa shape index (κ1) is 9.18. The van der Waals surface area contributed by atoms with Crippen LogP contribution < -0.4 is 0 Å². The molecule has 4 nitrogen and oxygen atoms in total. The predicted octanol–water partition coefficient (Wildman–Crippen LogP) is 1.43. The Morgan fingerprint density at radius 2 is 1.62 bits per heavy atom. The molecule has 68 valence electrons. The minimum atomic E-state index is -1.14. The molecule has 5 heteroatoms. The third-order valence-electron chi connectivity index (χ3n) is 1.44. The van der Waals surface area contributed by atoms with Crippen LogP contribution in [0, 0.1) is 0 Å². The van der Waals surface area contributed by atoms with E-state index in [1.807, 2.05) is 0 Å². The molecule has 13 heavy (non-hydrogen) atoms. The van der Waals surface area contributed by atoms with Gasteiger partial charge in [0.2, 0.25) is 0 Å². The van der Waals surface area contributed by atoms with Gasteiger partial charge in [-0.15, -0.1) is 0 Å². The molecular formula is C8H5FO4. The van der Waals surface area contributed by atoms with Gasteiger partial charge in [-0.3, -0.25) is 0 Å². The Kier molecular flexibility index (Phi) is 2.59. The zero-order chi connectivity index (χ0) is 9.84. The van der Waals surface area contributed by atoms with E-state index in [4.69, 9.17) is 5.11 Å². The standard InChI is InChI=1S/C8H5FO4/c9-13-8(12)6-3-1-5(2-4-6)7(10)11/h1-4H,(H,10,11). The van der Waals surface area contributed by atoms with E-state index in [2.05, 4.69) is 4.94 Å². The van der Waals surface area contributed by atoms with Crippen molar-refractivity contribution in [2.24, 2.45) is 0 Å². The predicted molar refractivity (Wildman–Crippen MR) is 39.9 cm³/mol. The Bertz CT molecular complexity index is 331. The van der Waals surface area contributed by atoms with Crippen molar-refractivity contribution in [1.29, 1.82) is 0 Å². The fourth-order valence-electron chi connectivity index (χ4n) is 0.793. The first-order chi connectivity index (χ1) is 6.15. The summed E-state index contributed by atoms with van der Waals surface area (Å²) >= 11 is 0. The van der Waals surface area contributed by atoms with Crippen molar-refractivity contribution < 1.29 is 24.2 Å². The first-order valence-electron chi connectivity index (χ1n) is 3.31. The highest BCUT2D eigenvalue weighted by Crippen LogP contribution is 2.05. The van der Waals surface area contributed by atoms with Gasteiger partial charge >= 0.3 is 11.9 Å². The normalized spacial score (nSPS) is 9.31. The molecular weight excluding hydrogens is 179 g/mol. The molecule has 1 aromatic carbocycles. The second-order valence-electron chi connectivity index (χ2n) is 2.25. The highest BCUT2D eigenvalue weighted by molar-refractivity contribution is 5.92. The molecule has 0 spiro atoms. The number of carbonyl (C=O) groups is 2. The molecule has 0 saturated heterocycles. The van der Waals surface area contributed by atoms with E-state index in [0.29, 0.717) is 0 Å². The topological polar surface area (TPSA) is 63.6 Å². The van der Waals surface area contributed by atoms with E-state index < -0.39 is 11.9 Å². The molecule has 1 aromatic rings. The third-order valence-corrected chi connectivity index (χ3v) is 1.44. The van der Waals surface area contributed by atoms with Gasteiger partial charge in [-0.25, -0.2) is 14.5 Å². The van der Waals surface area contributed by atoms with Crippen LogP contribution in [0.1, 0.15) is 20.7 Å². The van der Waals surface area contributed by atoms with Gasteiger partial charge in [-0.2, -0.15) is 0 Å². The smallest absolute Gasteiger partial charge is 0.379 e. The Morgan fingerprint density at radius 3 is 2.00 bits per heavy atom. The summed E-state index contributed by atoms with van der Waals surface area (Å²) < 4.78 is 11.4. The Morgan fingerprint density at radius 1 is 1.15 bits per heavy atom. The van der Waals surface area contributed by atoms with E-state index >= 15 is 0 Å². The van der Waals surface area contributed by atoms with Crippen molar-refractivity contribution in [2.75, 3.05) is 0 Å². The maximum absolute atomic E-state index is 11.4. The Labute approximate surface area is 72.5 Å². The molecule has 1 rings (SSSR count). The van der Waals surface area contributed by atoms with Crippen molar-refractivity contribution in [2.45, 2.75) is 0 Å². The SMILES string of the molecule is O=C(O)c1ccc(C(=O)OF)cc1. The molecule has 0 aliphatic rings. The average molecular weight is 184 g/mol. The number of halogens is 1. The summed E-state index contributed by atoms with van der Waals surface area (Å²) in [5, 5.41) is 8.48. The highest BCUT2D eigenvalue weighted by Gasteiger charge is 2.08. The fraction of sp³-hybridized carbons (Fsp3) is 0. The Hall–Kier alpha value is -1.91. The van der Waals surface area contributed by atoms with E-state index in [0.717, 1.165) is 0 Å². The van der Waals surface area contributed by atoms with Gasteiger partial charge in [0.25, 0.3) is 0 Å². The molecule has 0 bridgehead atoms. The van der Waals surface area contributed by atoms with Crippen LogP contribution in [0.4, 0.5) is 4.53 Å². The number of aromatic carboxylic acids is 1. The number of hydrogen-bond donors (Lipinski definition) is 1. The van der Waals surface area contributed by atoms with Gasteiger partial charge in [0.1, 0.15) is 0 Å². The highest BCUT2D eigenvalue weighted by atomic mass is 19.3. The van der Waals surface area contributed by atoms with Crippen molar-refractivity contribution in [1.82, 2.24) is 0 Å². The molecule has 0 amide bonds. The molecule has 0 heterocycles. The number of carboxylic acids is 1. The maximum Gasteiger partial charge on any atom is 0.379 e. The van der Waals surface area contributed by atoms with Gasteiger partial charge in [0.15, 0.2) is 0 Å². The van der Waals surface area contributed by atoms with Gasteiger partial charge in [-0.05, 0) is 24.3 Å². The molecule has 0 unspecified atom stereocenters. The van der Waals surface area contributed by atoms with Crippen LogP contribution in [-0.2, 0) is 4.94 Å². The minimum Gasteiger partial charge on any atom is -0.478 e. The molecule has 0 fully saturated rings. The zero-order valence-electron chi connectivity index (χ0n) is 6.36. The monoisotopic (exact) mass is 184 g/mol. The van der Waals surface area contributed by atoms with Crippen LogP contribution in [-0.4, -0.2) is 17.0 Å². The van der Waals surface area contributed by atoms with Gasteiger partial charge < -0.3 is 5.11 Å². The van der Waals surface area contributed by atoms with Crippen LogP contribution in [0.15, 0.2) is 24.3 Å². The summed E-state index contributed by atoms with van der Waals surface area (Å²) in [7, 11) is 0. The number of carbonyl (C=O) groups excluding carboxylic acids is 1. The van der Waals surface area contributed by atoms with Gasteiger partial charge in [-0.1, -0.05) is 0 Å². The largest absolute Gasteiger partial charge is 0.478 e. The van der Waals surface area contributed by atoms with Crippen molar-refractivity contribution >= 4 is 11.9 Å². The second-order valence-corrected chi connectivity index (χ2v) is 2.25. The summed E-state index contributed by atoms with van der Waals surface area (Å²) in [6.45, 7) is 0. The molecule has 0 radical (unpaired) electrons. The summed E-state index contributed by atoms with van der Waals surface area (Å²) in [4.78, 5) is 23.9. The summed E-state index contributed by atoms with van der Waals surface area (Å²) in [6.07, 6.45) is 0. The molecule has 0 aromatic heterocycles. The van der Waals surface area contributed by atoms with E-state index in [9.17, 15) is 14.1 Å². The van der Waals surface area contributed by atoms with Gasteiger partial charge in [0, 0.05) is 4.53 Å². The lowest BCUT2D eigenvalue weighted by Gasteiger charge is -1.95. The second kappa shape index (κ2) is 3.66. The molecule has 0 aliphatic carbocycles. The van der Waals surface area contributed by atoms with Crippen LogP contribution in [0.3, 0.4) is 0 Å². The minimum absolute atomic E-state index is 0.0235. The maximum atomic E-state index is 11.4. The molecule has 0 atom stereocenters. The molecule has 0 aliphatic heterocycles. The Balaban J connectivity index is 2.93. The quantitative estimate of drug-likeness (QED) is 0.754. The lowest BCUT2D eigenvalue weighted by Crippen LogP contribution is -2.00. The lowest BCUT2D eigenvalue weighted by atomic mass is 10.1. The first-order valence-corrected chi connectivity index (χ1v) is 3.31. The van der Waals surface area contributed by atoms with Crippen LogP contribution in [0.5, 0.6) is 0 Å². The number of hydrogen-bond acceptors (Lipinski definition) is 3. The number of carboxylic acid groups (broad SMARTS) is 1. The fourth-order valence-corrected chi connectivity index (χ4v) is 0.793. The number of benzene rings is 1. The van der Waals surface area contributed by atoms with E-state index in [1.54, 1.807) is 0 Å². The van der Waals surface area contributed by atoms with E-state index in [1.165, 1.54) is 24.3 Å². The zero-order valence-corrected chi connectivity index (χ0v) is 6.36. The van der Waals surface area contributed by atoms with Crippen LogP contribution in [0.25, 0.3) is 0 Å². The van der Waals surface area contributed by atoms with Crippen molar-refractivity contribution in [3.8, 4) is 0 Å². The van der Waals surface area contributed by atoms with Crippen molar-refractivity contribution in [3.05, 3.63) is 35.4 Å². The van der Waals surface area contributed by atoms with Crippen molar-refractivity contribution in [3.63, 3.8) is 0 Å². The van der Waals surface area contributed by atoms with Gasteiger partial charge in [0.05, 0.1) is 11.1 Å². The summed E-state index contributed by atoms with van der Waals surface area (Å²) in [5.41, 5.74) is -0.0112. The van der Waals surface area contributed by atoms with E-state index in [-0.39, 0.29) is 11.1 Å². The summed E-state index contributed by atoms with van der Waals surface area (Å²) in [6, 6.07) is 4.72. The third kappa shape index (κ3) is 2.02. The lowest BCUT2D eigenvalue weighted by molar-refractivity contribution is -0.0788. The average Bonchev–Trinajstić information content (AvgIpc) is 2.17.